The molecule has 0 radical (unpaired) electrons. The predicted molar refractivity (Wildman–Crippen MR) is 40.6 cm³/mol. The van der Waals surface area contributed by atoms with Crippen LogP contribution in [-0.4, -0.2) is 11.2 Å². The monoisotopic (exact) mass is 151 g/mol. The molecule has 1 N–H and O–H groups in total. The van der Waals surface area contributed by atoms with Crippen LogP contribution in [0.4, 0.5) is 0 Å². The Morgan fingerprint density at radius 1 is 1.27 bits per heavy atom. The van der Waals surface area contributed by atoms with Crippen molar-refractivity contribution in [2.75, 3.05) is 0 Å². The fourth-order valence-corrected chi connectivity index (χ4v) is 2.61. The molecule has 0 aromatic carbocycles. The smallest absolute Gasteiger partial charge is 0.0659 e. The lowest BCUT2D eigenvalue weighted by molar-refractivity contribution is 0.0680. The van der Waals surface area contributed by atoms with Gasteiger partial charge in [0.2, 0.25) is 0 Å². The summed E-state index contributed by atoms with van der Waals surface area (Å²) in [6, 6.07) is 2.31. The Morgan fingerprint density at radius 3 is 2.82 bits per heavy atom. The van der Waals surface area contributed by atoms with Crippen molar-refractivity contribution in [3.8, 4) is 6.07 Å². The molecule has 2 rings (SSSR count). The van der Waals surface area contributed by atoms with Gasteiger partial charge in [-0.05, 0) is 31.6 Å². The summed E-state index contributed by atoms with van der Waals surface area (Å²) in [7, 11) is 0. The van der Waals surface area contributed by atoms with Crippen LogP contribution >= 0.6 is 0 Å². The van der Waals surface area contributed by atoms with E-state index in [2.05, 4.69) is 6.07 Å². The van der Waals surface area contributed by atoms with Gasteiger partial charge < -0.3 is 5.11 Å². The van der Waals surface area contributed by atoms with Crippen LogP contribution in [0.15, 0.2) is 0 Å². The second-order valence-corrected chi connectivity index (χ2v) is 3.88. The molecule has 0 aliphatic heterocycles. The molecule has 2 fully saturated rings. The van der Waals surface area contributed by atoms with Gasteiger partial charge in [-0.3, -0.25) is 0 Å². The second-order valence-electron chi connectivity index (χ2n) is 3.88. The van der Waals surface area contributed by atoms with E-state index in [0.717, 1.165) is 31.6 Å². The van der Waals surface area contributed by atoms with Crippen molar-refractivity contribution in [1.29, 1.82) is 5.26 Å². The van der Waals surface area contributed by atoms with Crippen LogP contribution in [0.5, 0.6) is 0 Å². The molecule has 0 spiro atoms. The van der Waals surface area contributed by atoms with Crippen LogP contribution in [0.2, 0.25) is 0 Å². The maximum Gasteiger partial charge on any atom is 0.0659 e. The van der Waals surface area contributed by atoms with Gasteiger partial charge in [-0.2, -0.15) is 5.26 Å². The van der Waals surface area contributed by atoms with Crippen LogP contribution < -0.4 is 0 Å². The summed E-state index contributed by atoms with van der Waals surface area (Å²) in [4.78, 5) is 0. The minimum absolute atomic E-state index is 0.150. The molecule has 2 nitrogen and oxygen atoms in total. The second kappa shape index (κ2) is 2.49. The molecular formula is C9H13NO. The van der Waals surface area contributed by atoms with Crippen molar-refractivity contribution in [3.63, 3.8) is 0 Å². The SMILES string of the molecule is N#CC1CC2CCC(O)C1C2. The van der Waals surface area contributed by atoms with E-state index >= 15 is 0 Å². The zero-order chi connectivity index (χ0) is 7.84. The molecule has 0 aromatic heterocycles. The zero-order valence-corrected chi connectivity index (χ0v) is 6.53. The molecule has 2 bridgehead atoms. The van der Waals surface area contributed by atoms with Gasteiger partial charge in [0.1, 0.15) is 0 Å². The average molecular weight is 151 g/mol. The Balaban J connectivity index is 2.14. The Hall–Kier alpha value is -0.550. The molecule has 0 aromatic rings. The maximum atomic E-state index is 9.55. The van der Waals surface area contributed by atoms with Gasteiger partial charge in [-0.15, -0.1) is 0 Å². The molecule has 0 heterocycles. The van der Waals surface area contributed by atoms with Crippen molar-refractivity contribution < 1.29 is 5.11 Å². The molecule has 2 aliphatic carbocycles. The summed E-state index contributed by atoms with van der Waals surface area (Å²) in [5.41, 5.74) is 0. The molecule has 11 heavy (non-hydrogen) atoms. The lowest BCUT2D eigenvalue weighted by Crippen LogP contribution is -2.25. The van der Waals surface area contributed by atoms with Crippen LogP contribution in [-0.2, 0) is 0 Å². The third kappa shape index (κ3) is 1.04. The minimum Gasteiger partial charge on any atom is -0.393 e. The van der Waals surface area contributed by atoms with Crippen molar-refractivity contribution >= 4 is 0 Å². The fraction of sp³-hybridized carbons (Fsp3) is 0.889. The van der Waals surface area contributed by atoms with E-state index in [1.165, 1.54) is 0 Å². The highest BCUT2D eigenvalue weighted by atomic mass is 16.3. The number of nitrogens with zero attached hydrogens (tertiary/aromatic N) is 1. The van der Waals surface area contributed by atoms with Gasteiger partial charge in [-0.1, -0.05) is 0 Å². The van der Waals surface area contributed by atoms with E-state index in [1.807, 2.05) is 0 Å². The predicted octanol–water partition coefficient (Wildman–Crippen LogP) is 1.31. The summed E-state index contributed by atoms with van der Waals surface area (Å²) in [6.07, 6.45) is 4.01. The van der Waals surface area contributed by atoms with Crippen molar-refractivity contribution in [1.82, 2.24) is 0 Å². The number of hydrogen-bond acceptors (Lipinski definition) is 2. The van der Waals surface area contributed by atoms with E-state index < -0.39 is 0 Å². The van der Waals surface area contributed by atoms with E-state index in [9.17, 15) is 5.11 Å². The first kappa shape index (κ1) is 7.12. The molecule has 2 aliphatic rings. The topological polar surface area (TPSA) is 44.0 Å². The molecule has 0 saturated heterocycles. The molecule has 2 saturated carbocycles. The number of nitriles is 1. The van der Waals surface area contributed by atoms with Crippen molar-refractivity contribution in [3.05, 3.63) is 0 Å². The third-order valence-electron chi connectivity index (χ3n) is 3.24. The minimum atomic E-state index is -0.182. The van der Waals surface area contributed by atoms with Gasteiger partial charge >= 0.3 is 0 Å². The number of hydrogen-bond donors (Lipinski definition) is 1. The number of aliphatic hydroxyl groups excluding tert-OH is 1. The van der Waals surface area contributed by atoms with E-state index in [0.29, 0.717) is 5.92 Å². The van der Waals surface area contributed by atoms with E-state index in [1.54, 1.807) is 0 Å². The largest absolute Gasteiger partial charge is 0.393 e. The van der Waals surface area contributed by atoms with Gasteiger partial charge in [0.15, 0.2) is 0 Å². The Kier molecular flexibility index (Phi) is 1.61. The highest BCUT2D eigenvalue weighted by molar-refractivity contribution is 5.00. The number of fused-ring (bicyclic) bond motifs is 2. The lowest BCUT2D eigenvalue weighted by Gasteiger charge is -2.24. The highest BCUT2D eigenvalue weighted by Gasteiger charge is 2.41. The number of aliphatic hydroxyl groups is 1. The summed E-state index contributed by atoms with van der Waals surface area (Å²) in [5, 5.41) is 18.3. The standard InChI is InChI=1S/C9H13NO/c10-5-7-3-6-1-2-9(11)8(7)4-6/h6-9,11H,1-4H2. The quantitative estimate of drug-likeness (QED) is 0.567. The fourth-order valence-electron chi connectivity index (χ4n) is 2.61. The first-order chi connectivity index (χ1) is 5.31. The molecule has 4 atom stereocenters. The molecule has 0 amide bonds. The van der Waals surface area contributed by atoms with Crippen molar-refractivity contribution in [2.45, 2.75) is 31.8 Å². The van der Waals surface area contributed by atoms with Crippen LogP contribution in [0.1, 0.15) is 25.7 Å². The highest BCUT2D eigenvalue weighted by Crippen LogP contribution is 2.45. The van der Waals surface area contributed by atoms with Gasteiger partial charge in [0, 0.05) is 5.92 Å². The summed E-state index contributed by atoms with van der Waals surface area (Å²) < 4.78 is 0. The van der Waals surface area contributed by atoms with Crippen molar-refractivity contribution in [2.24, 2.45) is 17.8 Å². The van der Waals surface area contributed by atoms with Gasteiger partial charge in [0.25, 0.3) is 0 Å². The van der Waals surface area contributed by atoms with Crippen LogP contribution in [0.3, 0.4) is 0 Å². The first-order valence-electron chi connectivity index (χ1n) is 4.39. The Morgan fingerprint density at radius 2 is 2.09 bits per heavy atom. The van der Waals surface area contributed by atoms with E-state index in [-0.39, 0.29) is 12.0 Å². The van der Waals surface area contributed by atoms with Crippen LogP contribution in [0, 0.1) is 29.1 Å². The molecule has 4 unspecified atom stereocenters. The van der Waals surface area contributed by atoms with Gasteiger partial charge in [-0.25, -0.2) is 0 Å². The van der Waals surface area contributed by atoms with Gasteiger partial charge in [0.05, 0.1) is 18.1 Å². The van der Waals surface area contributed by atoms with E-state index in [4.69, 9.17) is 5.26 Å². The Bertz CT molecular complexity index is 196. The molecular weight excluding hydrogens is 138 g/mol. The Labute approximate surface area is 66.8 Å². The summed E-state index contributed by atoms with van der Waals surface area (Å²) >= 11 is 0. The van der Waals surface area contributed by atoms with Crippen LogP contribution in [0.25, 0.3) is 0 Å². The lowest BCUT2D eigenvalue weighted by atomic mass is 9.85. The normalized spacial score (nSPS) is 48.7. The molecule has 60 valence electrons. The number of rotatable bonds is 0. The third-order valence-corrected chi connectivity index (χ3v) is 3.24. The summed E-state index contributed by atoms with van der Waals surface area (Å²) in [5.74, 6) is 1.20. The summed E-state index contributed by atoms with van der Waals surface area (Å²) in [6.45, 7) is 0. The molecule has 2 heteroatoms. The first-order valence-corrected chi connectivity index (χ1v) is 4.39. The zero-order valence-electron chi connectivity index (χ0n) is 6.53. The maximum absolute atomic E-state index is 9.55. The average Bonchev–Trinajstić information content (AvgIpc) is 2.37.